The summed E-state index contributed by atoms with van der Waals surface area (Å²) >= 11 is 7.39. The van der Waals surface area contributed by atoms with E-state index in [9.17, 15) is 0 Å². The molecule has 4 N–H and O–H groups in total. The Labute approximate surface area is 74.1 Å². The molecule has 6 heavy (non-hydrogen) atoms. The van der Waals surface area contributed by atoms with E-state index >= 15 is 0 Å². The molecule has 0 aromatic heterocycles. The van der Waals surface area contributed by atoms with E-state index in [-0.39, 0.29) is 15.9 Å². The van der Waals surface area contributed by atoms with Crippen molar-refractivity contribution in [1.29, 1.82) is 0 Å². The van der Waals surface area contributed by atoms with E-state index in [0.717, 1.165) is 0 Å². The third-order valence-corrected chi connectivity index (χ3v) is 0. The third kappa shape index (κ3) is 29.9. The Bertz CT molecular complexity index is 13.5. The Morgan fingerprint density at radius 2 is 0.833 bits per heavy atom. The molecule has 0 heterocycles. The second-order valence-electron chi connectivity index (χ2n) is 0.192. The molecule has 0 aliphatic heterocycles. The maximum absolute atomic E-state index is 2.46. The van der Waals surface area contributed by atoms with Crippen LogP contribution in [0, 0.1) is 0 Å². The van der Waals surface area contributed by atoms with Crippen LogP contribution < -0.4 is 0 Å². The van der Waals surface area contributed by atoms with E-state index in [2.05, 4.69) is 59.9 Å². The minimum absolute atomic E-state index is 0. The van der Waals surface area contributed by atoms with Crippen LogP contribution in [0.4, 0.5) is 0 Å². The van der Waals surface area contributed by atoms with E-state index in [1.54, 1.807) is 0 Å². The average Bonchev–Trinajstić information content (AvgIpc) is 0.811. The molecule has 0 saturated carbocycles. The van der Waals surface area contributed by atoms with Crippen molar-refractivity contribution in [3.8, 4) is 0 Å². The molecule has 0 saturated heterocycles. The van der Waals surface area contributed by atoms with Gasteiger partial charge in [0.05, 0.1) is 0 Å². The maximum atomic E-state index is 2.46. The monoisotopic (exact) mass is 468 g/mol. The van der Waals surface area contributed by atoms with Crippen molar-refractivity contribution in [3.63, 3.8) is 0 Å². The molecule has 0 fully saturated rings. The van der Waals surface area contributed by atoms with Crippen LogP contribution in [0.2, 0.25) is 0 Å². The van der Waals surface area contributed by atoms with Gasteiger partial charge in [0, 0.05) is 0 Å². The van der Waals surface area contributed by atoms with E-state index < -0.39 is 0 Å². The van der Waals surface area contributed by atoms with Gasteiger partial charge in [0.25, 0.3) is 0 Å². The first-order valence-electron chi connectivity index (χ1n) is 0.507. The van der Waals surface area contributed by atoms with Crippen LogP contribution in [0.15, 0.2) is 0 Å². The molecule has 0 unspecified atom stereocenters. The van der Waals surface area contributed by atoms with Crippen LogP contribution in [-0.2, 0) is 4.92 Å². The van der Waals surface area contributed by atoms with Gasteiger partial charge in [0.1, 0.15) is 0 Å². The predicted octanol–water partition coefficient (Wildman–Crippen LogP) is 1.01. The van der Waals surface area contributed by atoms with E-state index in [4.69, 9.17) is 0 Å². The van der Waals surface area contributed by atoms with Crippen LogP contribution in [0.5, 0.6) is 0 Å². The zero-order valence-corrected chi connectivity index (χ0v) is 10.5. The van der Waals surface area contributed by atoms with Crippen LogP contribution in [-0.4, -0.2) is 11.0 Å². The van der Waals surface area contributed by atoms with Crippen molar-refractivity contribution < 1.29 is 15.9 Å². The van der Waals surface area contributed by atoms with Gasteiger partial charge in [0.15, 0.2) is 0 Å². The van der Waals surface area contributed by atoms with E-state index in [1.165, 1.54) is 0 Å². The second kappa shape index (κ2) is 10.6. The topological polar surface area (TPSA) is 63.0 Å². The Hall–Kier alpha value is 2.69. The normalized spacial score (nSPS) is 6.00. The molecule has 0 spiro atoms. The van der Waals surface area contributed by atoms with Crippen LogP contribution in [0.3, 0.4) is 0 Å². The molecule has 0 aromatic carbocycles. The van der Waals surface area contributed by atoms with Gasteiger partial charge in [-0.3, -0.25) is 0 Å². The molecule has 0 amide bonds. The summed E-state index contributed by atoms with van der Waals surface area (Å²) in [5.74, 6) is 0. The Kier molecular flexibility index (Phi) is 28.1. The zero-order valence-electron chi connectivity index (χ0n) is 2.58. The van der Waals surface area contributed by atoms with Gasteiger partial charge in [-0.15, -0.1) is 0 Å². The molecule has 6 heteroatoms. The summed E-state index contributed by atoms with van der Waals surface area (Å²) in [5, 5.41) is 0. The van der Waals surface area contributed by atoms with Crippen molar-refractivity contribution in [2.75, 3.05) is 0 Å². The van der Waals surface area contributed by atoms with Gasteiger partial charge in [-0.2, -0.15) is 0 Å². The molecule has 0 bridgehead atoms. The van der Waals surface area contributed by atoms with Crippen molar-refractivity contribution in [2.45, 2.75) is 0 Å². The number of halogens is 3. The summed E-state index contributed by atoms with van der Waals surface area (Å²) < 4.78 is 0. The van der Waals surface area contributed by atoms with Crippen molar-refractivity contribution in [1.82, 2.24) is 0 Å². The molecule has 0 radical (unpaired) electrons. The fourth-order valence-electron chi connectivity index (χ4n) is 0. The third-order valence-electron chi connectivity index (χ3n) is 0. The summed E-state index contributed by atoms with van der Waals surface area (Å²) in [7, 11) is 0. The standard InChI is InChI=1S/3HI.2H2O.V/h3*1H;2*1H2;/q;;;;;+3/p-3. The molecule has 42 valence electrons. The summed E-state index contributed by atoms with van der Waals surface area (Å²) in [6.45, 7) is 0. The molecule has 0 aliphatic carbocycles. The van der Waals surface area contributed by atoms with Crippen molar-refractivity contribution >= 4 is 59.9 Å². The van der Waals surface area contributed by atoms with E-state index in [0.29, 0.717) is 0 Å². The van der Waals surface area contributed by atoms with Crippen molar-refractivity contribution in [2.24, 2.45) is 0 Å². The van der Waals surface area contributed by atoms with Gasteiger partial charge >= 0.3 is 64.9 Å². The molecule has 0 aromatic rings. The van der Waals surface area contributed by atoms with Crippen LogP contribution >= 0.6 is 59.9 Å². The van der Waals surface area contributed by atoms with Gasteiger partial charge in [-0.1, -0.05) is 0 Å². The van der Waals surface area contributed by atoms with Crippen molar-refractivity contribution in [3.05, 3.63) is 0 Å². The molecule has 0 aliphatic rings. The molecule has 0 atom stereocenters. The number of hydrogen-bond donors (Lipinski definition) is 0. The SMILES string of the molecule is O.O.[I][V]([I])[I]. The number of hydrogen-bond acceptors (Lipinski definition) is 0. The average molecular weight is 468 g/mol. The Morgan fingerprint density at radius 1 is 0.833 bits per heavy atom. The van der Waals surface area contributed by atoms with Crippen LogP contribution in [0.25, 0.3) is 0 Å². The predicted molar refractivity (Wildman–Crippen MR) is 49.3 cm³/mol. The zero-order chi connectivity index (χ0) is 3.58. The first-order valence-corrected chi connectivity index (χ1v) is 14.0. The molecular formula is H4I3O2V. The summed E-state index contributed by atoms with van der Waals surface area (Å²) in [6, 6.07) is 0. The van der Waals surface area contributed by atoms with Crippen LogP contribution in [0.1, 0.15) is 0 Å². The van der Waals surface area contributed by atoms with E-state index in [1.807, 2.05) is 0 Å². The molecular weight excluding hydrogens is 464 g/mol. The Morgan fingerprint density at radius 3 is 0.833 bits per heavy atom. The molecule has 2 nitrogen and oxygen atoms in total. The molecule has 0 rings (SSSR count). The minimum atomic E-state index is -0.278. The summed E-state index contributed by atoms with van der Waals surface area (Å²) in [5.41, 5.74) is 0. The summed E-state index contributed by atoms with van der Waals surface area (Å²) in [6.07, 6.45) is 0. The number of rotatable bonds is 0. The fourth-order valence-corrected chi connectivity index (χ4v) is 0. The first kappa shape index (κ1) is 15.9. The van der Waals surface area contributed by atoms with Gasteiger partial charge in [-0.25, -0.2) is 0 Å². The first-order chi connectivity index (χ1) is 1.73. The summed E-state index contributed by atoms with van der Waals surface area (Å²) in [4.78, 5) is -0.278. The van der Waals surface area contributed by atoms with Gasteiger partial charge in [-0.05, 0) is 0 Å². The second-order valence-corrected chi connectivity index (χ2v) is 35.6. The van der Waals surface area contributed by atoms with Gasteiger partial charge < -0.3 is 11.0 Å². The fraction of sp³-hybridized carbons (Fsp3) is 0. The van der Waals surface area contributed by atoms with Gasteiger partial charge in [0.2, 0.25) is 0 Å². The quantitative estimate of drug-likeness (QED) is 0.478. The Balaban J connectivity index is -0.0000000450.